The van der Waals surface area contributed by atoms with Gasteiger partial charge in [0.2, 0.25) is 0 Å². The molecule has 0 saturated carbocycles. The molecule has 3 rings (SSSR count). The van der Waals surface area contributed by atoms with Crippen LogP contribution in [-0.2, 0) is 0 Å². The van der Waals surface area contributed by atoms with E-state index in [-0.39, 0.29) is 23.3 Å². The molecule has 0 atom stereocenters. The van der Waals surface area contributed by atoms with Gasteiger partial charge < -0.3 is 19.7 Å². The minimum Gasteiger partial charge on any atom is -0.493 e. The number of piperidine rings is 1. The highest BCUT2D eigenvalue weighted by Gasteiger charge is 2.25. The summed E-state index contributed by atoms with van der Waals surface area (Å²) in [5.41, 5.74) is 0.600. The zero-order valence-electron chi connectivity index (χ0n) is 16.6. The molecule has 1 heterocycles. The van der Waals surface area contributed by atoms with Gasteiger partial charge in [0.05, 0.1) is 19.8 Å². The van der Waals surface area contributed by atoms with Crippen molar-refractivity contribution in [2.75, 3.05) is 33.9 Å². The number of hydrogen-bond acceptors (Lipinski definition) is 4. The van der Waals surface area contributed by atoms with Gasteiger partial charge in [-0.2, -0.15) is 0 Å². The fourth-order valence-corrected chi connectivity index (χ4v) is 3.46. The summed E-state index contributed by atoms with van der Waals surface area (Å²) in [4.78, 5) is 26.6. The molecule has 0 spiro atoms. The van der Waals surface area contributed by atoms with Gasteiger partial charge in [0, 0.05) is 25.2 Å². The van der Waals surface area contributed by atoms with Crippen molar-refractivity contribution >= 4 is 11.8 Å². The van der Waals surface area contributed by atoms with Crippen LogP contribution in [0.5, 0.6) is 11.5 Å². The number of amides is 2. The molecule has 1 fully saturated rings. The molecule has 0 radical (unpaired) electrons. The van der Waals surface area contributed by atoms with Crippen LogP contribution in [0.3, 0.4) is 0 Å². The fourth-order valence-electron chi connectivity index (χ4n) is 3.46. The average Bonchev–Trinajstić information content (AvgIpc) is 2.77. The molecule has 1 aliphatic heterocycles. The molecule has 2 amide bonds. The molecule has 0 aliphatic carbocycles. The van der Waals surface area contributed by atoms with Crippen molar-refractivity contribution in [3.63, 3.8) is 0 Å². The Balaban J connectivity index is 1.50. The van der Waals surface area contributed by atoms with Gasteiger partial charge in [-0.05, 0) is 49.1 Å². The molecule has 7 heteroatoms. The maximum atomic E-state index is 13.8. The van der Waals surface area contributed by atoms with E-state index in [9.17, 15) is 14.0 Å². The van der Waals surface area contributed by atoms with E-state index in [0.29, 0.717) is 36.7 Å². The van der Waals surface area contributed by atoms with Crippen LogP contribution in [0, 0.1) is 11.7 Å². The number of hydrogen-bond donors (Lipinski definition) is 1. The lowest BCUT2D eigenvalue weighted by Crippen LogP contribution is -2.41. The lowest BCUT2D eigenvalue weighted by atomic mass is 9.96. The molecule has 2 aromatic rings. The van der Waals surface area contributed by atoms with Gasteiger partial charge in [0.15, 0.2) is 11.5 Å². The third-order valence-corrected chi connectivity index (χ3v) is 5.20. The summed E-state index contributed by atoms with van der Waals surface area (Å²) in [6.07, 6.45) is 1.51. The number of carbonyl (C=O) groups excluding carboxylic acids is 2. The highest BCUT2D eigenvalue weighted by atomic mass is 19.1. The first-order chi connectivity index (χ1) is 14.0. The van der Waals surface area contributed by atoms with Crippen molar-refractivity contribution in [2.24, 2.45) is 5.92 Å². The van der Waals surface area contributed by atoms with Crippen molar-refractivity contribution < 1.29 is 23.5 Å². The van der Waals surface area contributed by atoms with Gasteiger partial charge in [0.25, 0.3) is 11.8 Å². The quantitative estimate of drug-likeness (QED) is 0.809. The minimum absolute atomic E-state index is 0.104. The van der Waals surface area contributed by atoms with E-state index in [1.54, 1.807) is 42.3 Å². The number of halogens is 1. The number of methoxy groups -OCH3 is 2. The second kappa shape index (κ2) is 9.41. The predicted octanol–water partition coefficient (Wildman–Crippen LogP) is 3.13. The normalized spacial score (nSPS) is 14.4. The van der Waals surface area contributed by atoms with E-state index in [1.807, 2.05) is 0 Å². The highest BCUT2D eigenvalue weighted by molar-refractivity contribution is 5.95. The Morgan fingerprint density at radius 1 is 1.07 bits per heavy atom. The Morgan fingerprint density at radius 3 is 2.41 bits per heavy atom. The lowest BCUT2D eigenvalue weighted by molar-refractivity contribution is 0.0679. The fraction of sp³-hybridized carbons (Fsp3) is 0.364. The summed E-state index contributed by atoms with van der Waals surface area (Å²) < 4.78 is 24.2. The summed E-state index contributed by atoms with van der Waals surface area (Å²) in [6, 6.07) is 11.1. The van der Waals surface area contributed by atoms with Gasteiger partial charge >= 0.3 is 0 Å². The van der Waals surface area contributed by atoms with E-state index < -0.39 is 5.82 Å². The highest BCUT2D eigenvalue weighted by Crippen LogP contribution is 2.27. The maximum absolute atomic E-state index is 13.8. The van der Waals surface area contributed by atoms with Gasteiger partial charge in [0.1, 0.15) is 5.82 Å². The average molecular weight is 400 g/mol. The Morgan fingerprint density at radius 2 is 1.76 bits per heavy atom. The molecule has 6 nitrogen and oxygen atoms in total. The number of ether oxygens (including phenoxy) is 2. The van der Waals surface area contributed by atoms with Crippen LogP contribution >= 0.6 is 0 Å². The van der Waals surface area contributed by atoms with Crippen LogP contribution in [0.25, 0.3) is 0 Å². The van der Waals surface area contributed by atoms with E-state index >= 15 is 0 Å². The van der Waals surface area contributed by atoms with E-state index in [0.717, 1.165) is 12.8 Å². The van der Waals surface area contributed by atoms with Crippen LogP contribution in [-0.4, -0.2) is 50.6 Å². The van der Waals surface area contributed by atoms with Gasteiger partial charge in [-0.3, -0.25) is 9.59 Å². The molecular weight excluding hydrogens is 375 g/mol. The summed E-state index contributed by atoms with van der Waals surface area (Å²) in [7, 11) is 3.07. The third kappa shape index (κ3) is 4.85. The van der Waals surface area contributed by atoms with E-state index in [4.69, 9.17) is 9.47 Å². The lowest BCUT2D eigenvalue weighted by Gasteiger charge is -2.32. The molecule has 1 aliphatic rings. The van der Waals surface area contributed by atoms with Crippen molar-refractivity contribution in [2.45, 2.75) is 12.8 Å². The summed E-state index contributed by atoms with van der Waals surface area (Å²) >= 11 is 0. The van der Waals surface area contributed by atoms with E-state index in [1.165, 1.54) is 19.2 Å². The number of carbonyl (C=O) groups is 2. The maximum Gasteiger partial charge on any atom is 0.256 e. The third-order valence-electron chi connectivity index (χ3n) is 5.20. The van der Waals surface area contributed by atoms with Gasteiger partial charge in [-0.1, -0.05) is 12.1 Å². The second-order valence-corrected chi connectivity index (χ2v) is 7.00. The zero-order chi connectivity index (χ0) is 20.8. The zero-order valence-corrected chi connectivity index (χ0v) is 16.6. The largest absolute Gasteiger partial charge is 0.493 e. The smallest absolute Gasteiger partial charge is 0.256 e. The van der Waals surface area contributed by atoms with Crippen molar-refractivity contribution in [1.82, 2.24) is 10.2 Å². The van der Waals surface area contributed by atoms with Crippen molar-refractivity contribution in [3.8, 4) is 11.5 Å². The molecule has 0 aromatic heterocycles. The van der Waals surface area contributed by atoms with Crippen LogP contribution in [0.1, 0.15) is 33.6 Å². The first-order valence-corrected chi connectivity index (χ1v) is 9.57. The van der Waals surface area contributed by atoms with Crippen LogP contribution < -0.4 is 14.8 Å². The first-order valence-electron chi connectivity index (χ1n) is 9.57. The molecule has 0 unspecified atom stereocenters. The molecule has 2 aromatic carbocycles. The summed E-state index contributed by atoms with van der Waals surface area (Å²) in [6.45, 7) is 1.61. The summed E-state index contributed by atoms with van der Waals surface area (Å²) in [5.74, 6) is 0.369. The Kier molecular flexibility index (Phi) is 6.69. The molecule has 29 heavy (non-hydrogen) atoms. The van der Waals surface area contributed by atoms with Crippen LogP contribution in [0.15, 0.2) is 42.5 Å². The second-order valence-electron chi connectivity index (χ2n) is 7.00. The monoisotopic (exact) mass is 400 g/mol. The number of rotatable bonds is 6. The van der Waals surface area contributed by atoms with Crippen LogP contribution in [0.2, 0.25) is 0 Å². The van der Waals surface area contributed by atoms with Crippen molar-refractivity contribution in [1.29, 1.82) is 0 Å². The Labute approximate surface area is 169 Å². The number of nitrogens with zero attached hydrogens (tertiary/aromatic N) is 1. The SMILES string of the molecule is COc1ccc(C(=O)NCC2CCN(C(=O)c3ccccc3F)CC2)cc1OC. The Bertz CT molecular complexity index is 879. The predicted molar refractivity (Wildman–Crippen MR) is 107 cm³/mol. The van der Waals surface area contributed by atoms with Gasteiger partial charge in [-0.25, -0.2) is 4.39 Å². The standard InChI is InChI=1S/C22H25FN2O4/c1-28-19-8-7-16(13-20(19)29-2)21(26)24-14-15-9-11-25(12-10-15)22(27)17-5-3-4-6-18(17)23/h3-8,13,15H,9-12,14H2,1-2H3,(H,24,26). The van der Waals surface area contributed by atoms with Crippen LogP contribution in [0.4, 0.5) is 4.39 Å². The number of nitrogens with one attached hydrogen (secondary N) is 1. The number of benzene rings is 2. The molecule has 154 valence electrons. The molecule has 0 bridgehead atoms. The van der Waals surface area contributed by atoms with E-state index in [2.05, 4.69) is 5.32 Å². The number of likely N-dealkylation sites (tertiary alicyclic amines) is 1. The Hall–Kier alpha value is -3.09. The van der Waals surface area contributed by atoms with Gasteiger partial charge in [-0.15, -0.1) is 0 Å². The first kappa shape index (κ1) is 20.6. The molecular formula is C22H25FN2O4. The summed E-state index contributed by atoms with van der Waals surface area (Å²) in [5, 5.41) is 2.94. The molecule has 1 saturated heterocycles. The topological polar surface area (TPSA) is 67.9 Å². The minimum atomic E-state index is -0.498. The molecule has 1 N–H and O–H groups in total. The van der Waals surface area contributed by atoms with Crippen molar-refractivity contribution in [3.05, 3.63) is 59.4 Å².